The molecule has 2 N–H and O–H groups in total. The monoisotopic (exact) mass is 238 g/mol. The molecule has 0 radical (unpaired) electrons. The van der Waals surface area contributed by atoms with Crippen molar-refractivity contribution in [3.63, 3.8) is 0 Å². The molecule has 0 aliphatic carbocycles. The zero-order valence-electron chi connectivity index (χ0n) is 9.46. The third-order valence-electron chi connectivity index (χ3n) is 2.76. The summed E-state index contributed by atoms with van der Waals surface area (Å²) >= 11 is 6.12. The second-order valence-corrected chi connectivity index (χ2v) is 4.19. The molecule has 0 aliphatic rings. The van der Waals surface area contributed by atoms with Crippen molar-refractivity contribution in [2.45, 2.75) is 6.42 Å². The molecule has 1 aromatic heterocycles. The summed E-state index contributed by atoms with van der Waals surface area (Å²) in [6.45, 7) is 0.620. The standard InChI is InChI=1S/C12H15ClN2O/c1-15-7-8(5-6-14)11-10(15)4-3-9(13)12(11)16-2/h3-4,7H,5-6,14H2,1-2H3. The fourth-order valence-corrected chi connectivity index (χ4v) is 2.30. The number of rotatable bonds is 3. The second-order valence-electron chi connectivity index (χ2n) is 3.78. The van der Waals surface area contributed by atoms with E-state index in [2.05, 4.69) is 10.8 Å². The van der Waals surface area contributed by atoms with E-state index in [1.54, 1.807) is 7.11 Å². The van der Waals surface area contributed by atoms with E-state index in [1.807, 2.05) is 19.2 Å². The lowest BCUT2D eigenvalue weighted by atomic mass is 10.1. The maximum Gasteiger partial charge on any atom is 0.147 e. The van der Waals surface area contributed by atoms with Crippen LogP contribution in [0, 0.1) is 0 Å². The van der Waals surface area contributed by atoms with Gasteiger partial charge in [0.15, 0.2) is 0 Å². The molecule has 2 aromatic rings. The average molecular weight is 239 g/mol. The number of hydrogen-bond donors (Lipinski definition) is 1. The summed E-state index contributed by atoms with van der Waals surface area (Å²) in [5, 5.41) is 1.71. The van der Waals surface area contributed by atoms with E-state index in [9.17, 15) is 0 Å². The zero-order valence-corrected chi connectivity index (χ0v) is 10.2. The average Bonchev–Trinajstić information content (AvgIpc) is 2.57. The molecule has 16 heavy (non-hydrogen) atoms. The van der Waals surface area contributed by atoms with Crippen LogP contribution in [0.5, 0.6) is 5.75 Å². The predicted molar refractivity (Wildman–Crippen MR) is 67.2 cm³/mol. The Labute approximate surface area is 99.7 Å². The van der Waals surface area contributed by atoms with E-state index in [0.29, 0.717) is 11.6 Å². The molecule has 0 saturated carbocycles. The van der Waals surface area contributed by atoms with E-state index < -0.39 is 0 Å². The first kappa shape index (κ1) is 11.3. The molecule has 0 saturated heterocycles. The van der Waals surface area contributed by atoms with Gasteiger partial charge >= 0.3 is 0 Å². The Bertz CT molecular complexity index is 519. The Kier molecular flexibility index (Phi) is 3.08. The summed E-state index contributed by atoms with van der Waals surface area (Å²) in [6, 6.07) is 3.86. The van der Waals surface area contributed by atoms with Crippen molar-refractivity contribution in [2.75, 3.05) is 13.7 Å². The molecule has 86 valence electrons. The Morgan fingerprint density at radius 2 is 2.19 bits per heavy atom. The summed E-state index contributed by atoms with van der Waals surface area (Å²) in [5.74, 6) is 0.739. The van der Waals surface area contributed by atoms with Gasteiger partial charge in [0.05, 0.1) is 17.6 Å². The van der Waals surface area contributed by atoms with Gasteiger partial charge in [0.25, 0.3) is 0 Å². The molecule has 0 amide bonds. The topological polar surface area (TPSA) is 40.2 Å². The SMILES string of the molecule is COc1c(Cl)ccc2c1c(CCN)cn2C. The summed E-state index contributed by atoms with van der Waals surface area (Å²) in [7, 11) is 3.65. The maximum atomic E-state index is 6.12. The number of nitrogens with zero attached hydrogens (tertiary/aromatic N) is 1. The van der Waals surface area contributed by atoms with E-state index in [0.717, 1.165) is 23.1 Å². The highest BCUT2D eigenvalue weighted by Gasteiger charge is 2.13. The summed E-state index contributed by atoms with van der Waals surface area (Å²) in [6.07, 6.45) is 2.91. The van der Waals surface area contributed by atoms with Crippen molar-refractivity contribution < 1.29 is 4.74 Å². The van der Waals surface area contributed by atoms with E-state index in [1.165, 1.54) is 5.56 Å². The van der Waals surface area contributed by atoms with Crippen LogP contribution in [-0.2, 0) is 13.5 Å². The van der Waals surface area contributed by atoms with Gasteiger partial charge in [0.1, 0.15) is 5.75 Å². The van der Waals surface area contributed by atoms with Gasteiger partial charge in [-0.15, -0.1) is 0 Å². The first-order valence-corrected chi connectivity index (χ1v) is 5.57. The third kappa shape index (κ3) is 1.66. The first-order chi connectivity index (χ1) is 7.69. The van der Waals surface area contributed by atoms with Crippen LogP contribution in [0.1, 0.15) is 5.56 Å². The van der Waals surface area contributed by atoms with Gasteiger partial charge in [-0.05, 0) is 30.7 Å². The van der Waals surface area contributed by atoms with Crippen LogP contribution < -0.4 is 10.5 Å². The zero-order chi connectivity index (χ0) is 11.7. The number of aryl methyl sites for hydroxylation is 1. The molecular formula is C12H15ClN2O. The van der Waals surface area contributed by atoms with E-state index in [-0.39, 0.29) is 0 Å². The van der Waals surface area contributed by atoms with E-state index >= 15 is 0 Å². The van der Waals surface area contributed by atoms with Gasteiger partial charge in [-0.3, -0.25) is 0 Å². The highest BCUT2D eigenvalue weighted by Crippen LogP contribution is 2.36. The van der Waals surface area contributed by atoms with Crippen LogP contribution in [0.4, 0.5) is 0 Å². The number of ether oxygens (including phenoxy) is 1. The minimum Gasteiger partial charge on any atom is -0.494 e. The van der Waals surface area contributed by atoms with Crippen molar-refractivity contribution >= 4 is 22.5 Å². The molecule has 0 bridgehead atoms. The Morgan fingerprint density at radius 1 is 1.44 bits per heavy atom. The number of halogens is 1. The van der Waals surface area contributed by atoms with Gasteiger partial charge in [0, 0.05) is 18.6 Å². The van der Waals surface area contributed by atoms with Crippen LogP contribution >= 0.6 is 11.6 Å². The van der Waals surface area contributed by atoms with Gasteiger partial charge in [-0.25, -0.2) is 0 Å². The molecular weight excluding hydrogens is 224 g/mol. The number of benzene rings is 1. The third-order valence-corrected chi connectivity index (χ3v) is 3.05. The van der Waals surface area contributed by atoms with Crippen LogP contribution in [0.25, 0.3) is 10.9 Å². The first-order valence-electron chi connectivity index (χ1n) is 5.19. The fourth-order valence-electron chi connectivity index (χ4n) is 2.06. The summed E-state index contributed by atoms with van der Waals surface area (Å²) in [5.41, 5.74) is 7.90. The Hall–Kier alpha value is -1.19. The van der Waals surface area contributed by atoms with Crippen LogP contribution in [0.2, 0.25) is 5.02 Å². The van der Waals surface area contributed by atoms with Crippen molar-refractivity contribution in [3.8, 4) is 5.75 Å². The molecule has 4 heteroatoms. The normalized spacial score (nSPS) is 11.0. The second kappa shape index (κ2) is 4.36. The number of methoxy groups -OCH3 is 1. The molecule has 0 atom stereocenters. The number of aromatic nitrogens is 1. The number of nitrogens with two attached hydrogens (primary N) is 1. The van der Waals surface area contributed by atoms with Crippen LogP contribution in [-0.4, -0.2) is 18.2 Å². The molecule has 3 nitrogen and oxygen atoms in total. The molecule has 0 spiro atoms. The van der Waals surface area contributed by atoms with Gasteiger partial charge in [0.2, 0.25) is 0 Å². The Morgan fingerprint density at radius 3 is 2.81 bits per heavy atom. The number of fused-ring (bicyclic) bond motifs is 1. The van der Waals surface area contributed by atoms with Gasteiger partial charge < -0.3 is 15.0 Å². The molecule has 1 heterocycles. The van der Waals surface area contributed by atoms with Crippen LogP contribution in [0.15, 0.2) is 18.3 Å². The summed E-state index contributed by atoms with van der Waals surface area (Å²) in [4.78, 5) is 0. The molecule has 0 aliphatic heterocycles. The predicted octanol–water partition coefficient (Wildman–Crippen LogP) is 2.34. The fraction of sp³-hybridized carbons (Fsp3) is 0.333. The minimum atomic E-state index is 0.620. The lowest BCUT2D eigenvalue weighted by Gasteiger charge is -2.06. The highest BCUT2D eigenvalue weighted by molar-refractivity contribution is 6.33. The smallest absolute Gasteiger partial charge is 0.147 e. The largest absolute Gasteiger partial charge is 0.494 e. The minimum absolute atomic E-state index is 0.620. The molecule has 1 aromatic carbocycles. The molecule has 2 rings (SSSR count). The van der Waals surface area contributed by atoms with Crippen molar-refractivity contribution in [3.05, 3.63) is 28.9 Å². The van der Waals surface area contributed by atoms with Crippen molar-refractivity contribution in [2.24, 2.45) is 12.8 Å². The highest BCUT2D eigenvalue weighted by atomic mass is 35.5. The Balaban J connectivity index is 2.77. The van der Waals surface area contributed by atoms with E-state index in [4.69, 9.17) is 22.1 Å². The lowest BCUT2D eigenvalue weighted by molar-refractivity contribution is 0.420. The van der Waals surface area contributed by atoms with Crippen molar-refractivity contribution in [1.82, 2.24) is 4.57 Å². The van der Waals surface area contributed by atoms with Crippen LogP contribution in [0.3, 0.4) is 0 Å². The summed E-state index contributed by atoms with van der Waals surface area (Å²) < 4.78 is 7.44. The lowest BCUT2D eigenvalue weighted by Crippen LogP contribution is -2.02. The van der Waals surface area contributed by atoms with Gasteiger partial charge in [-0.2, -0.15) is 0 Å². The van der Waals surface area contributed by atoms with Crippen molar-refractivity contribution in [1.29, 1.82) is 0 Å². The maximum absolute atomic E-state index is 6.12. The quantitative estimate of drug-likeness (QED) is 0.892. The molecule has 0 unspecified atom stereocenters. The number of hydrogen-bond acceptors (Lipinski definition) is 2. The molecule has 0 fully saturated rings. The van der Waals surface area contributed by atoms with Gasteiger partial charge in [-0.1, -0.05) is 11.6 Å².